The van der Waals surface area contributed by atoms with Crippen molar-refractivity contribution in [3.8, 4) is 0 Å². The molecule has 0 amide bonds. The molecule has 0 rings (SSSR count). The van der Waals surface area contributed by atoms with Gasteiger partial charge in [0.05, 0.1) is 6.61 Å². The van der Waals surface area contributed by atoms with E-state index in [4.69, 9.17) is 14.7 Å². The van der Waals surface area contributed by atoms with Crippen molar-refractivity contribution in [3.05, 3.63) is 0 Å². The van der Waals surface area contributed by atoms with Crippen molar-refractivity contribution in [2.45, 2.75) is 6.92 Å². The summed E-state index contributed by atoms with van der Waals surface area (Å²) in [5.74, 6) is 0. The van der Waals surface area contributed by atoms with Gasteiger partial charge in [0.2, 0.25) is 0 Å². The largest absolute Gasteiger partial charge is 0.331 e. The number of hydrogen-bond donors (Lipinski definition) is 3. The topological polar surface area (TPSA) is 79.2 Å². The Kier molecular flexibility index (Phi) is 4.81. The van der Waals surface area contributed by atoms with Gasteiger partial charge in [-0.3, -0.25) is 0 Å². The number of hydrogen-bond acceptors (Lipinski definition) is 4. The van der Waals surface area contributed by atoms with Crippen molar-refractivity contribution < 1.29 is 23.5 Å². The van der Waals surface area contributed by atoms with Crippen LogP contribution in [0, 0.1) is 0 Å². The Hall–Kier alpha value is 1.10. The molecule has 11 heavy (non-hydrogen) atoms. The van der Waals surface area contributed by atoms with E-state index >= 15 is 0 Å². The maximum atomic E-state index is 8.97. The molecule has 0 fully saturated rings. The second kappa shape index (κ2) is 4.37. The van der Waals surface area contributed by atoms with Gasteiger partial charge in [-0.2, -0.15) is 0 Å². The van der Waals surface area contributed by atoms with Crippen molar-refractivity contribution in [1.82, 2.24) is 0 Å². The highest BCUT2D eigenvalue weighted by molar-refractivity contribution is 8.14. The average molecular weight is 238 g/mol. The van der Waals surface area contributed by atoms with E-state index in [2.05, 4.69) is 32.4 Å². The molecule has 0 saturated carbocycles. The minimum absolute atomic E-state index is 0.128. The molecule has 68 valence electrons. The van der Waals surface area contributed by atoms with Gasteiger partial charge >= 0.3 is 13.4 Å². The molecule has 1 unspecified atom stereocenters. The van der Waals surface area contributed by atoms with Crippen LogP contribution < -0.4 is 0 Å². The molecule has 1 atom stereocenters. The smallest absolute Gasteiger partial charge is 0.324 e. The van der Waals surface area contributed by atoms with Crippen LogP contribution >= 0.6 is 13.4 Å². The highest BCUT2D eigenvalue weighted by Gasteiger charge is 2.23. The Morgan fingerprint density at radius 1 is 1.27 bits per heavy atom. The lowest BCUT2D eigenvalue weighted by Gasteiger charge is -2.16. The second-order valence-corrected chi connectivity index (χ2v) is 7.10. The van der Waals surface area contributed by atoms with E-state index < -0.39 is 13.4 Å². The maximum absolute atomic E-state index is 8.97. The van der Waals surface area contributed by atoms with Gasteiger partial charge in [0.15, 0.2) is 0 Å². The van der Waals surface area contributed by atoms with E-state index in [9.17, 15) is 0 Å². The van der Waals surface area contributed by atoms with Crippen LogP contribution in [-0.4, -0.2) is 21.3 Å². The van der Waals surface area contributed by atoms with Crippen molar-refractivity contribution in [1.29, 1.82) is 0 Å². The Morgan fingerprint density at radius 2 is 1.73 bits per heavy atom. The van der Waals surface area contributed by atoms with Gasteiger partial charge < -0.3 is 19.2 Å². The predicted molar refractivity (Wildman–Crippen MR) is 47.9 cm³/mol. The van der Waals surface area contributed by atoms with Crippen molar-refractivity contribution in [2.24, 2.45) is 0 Å². The van der Waals surface area contributed by atoms with E-state index in [0.29, 0.717) is 0 Å². The third-order valence-corrected chi connectivity index (χ3v) is 4.28. The molecule has 0 aromatic rings. The summed E-state index contributed by atoms with van der Waals surface area (Å²) in [5.41, 5.74) is 0. The molecular formula is C2H8O5P2S2. The SMILES string of the molecule is CCOP(O)(=S)OP(O)(O)=S. The summed E-state index contributed by atoms with van der Waals surface area (Å²) in [7, 11) is 0. The first-order chi connectivity index (χ1) is 4.77. The Bertz CT molecular complexity index is 211. The van der Waals surface area contributed by atoms with Crippen LogP contribution in [0.2, 0.25) is 0 Å². The molecule has 0 aromatic heterocycles. The van der Waals surface area contributed by atoms with Crippen molar-refractivity contribution in [3.63, 3.8) is 0 Å². The van der Waals surface area contributed by atoms with E-state index in [1.54, 1.807) is 6.92 Å². The van der Waals surface area contributed by atoms with Gasteiger partial charge in [0, 0.05) is 0 Å². The Labute approximate surface area is 74.5 Å². The molecule has 0 spiro atoms. The molecule has 0 heterocycles. The van der Waals surface area contributed by atoms with Crippen LogP contribution in [0.5, 0.6) is 0 Å². The van der Waals surface area contributed by atoms with Gasteiger partial charge in [-0.25, -0.2) is 4.31 Å². The monoisotopic (exact) mass is 238 g/mol. The third-order valence-electron chi connectivity index (χ3n) is 0.502. The van der Waals surface area contributed by atoms with Crippen LogP contribution in [-0.2, 0) is 32.4 Å². The van der Waals surface area contributed by atoms with Crippen LogP contribution in [0.1, 0.15) is 6.92 Å². The van der Waals surface area contributed by atoms with E-state index in [1.165, 1.54) is 0 Å². The fourth-order valence-corrected chi connectivity index (χ4v) is 4.26. The molecule has 0 radical (unpaired) electrons. The van der Waals surface area contributed by atoms with Crippen LogP contribution in [0.15, 0.2) is 0 Å². The normalized spacial score (nSPS) is 17.8. The highest BCUT2D eigenvalue weighted by Crippen LogP contribution is 2.57. The molecule has 0 aliphatic heterocycles. The lowest BCUT2D eigenvalue weighted by Crippen LogP contribution is -1.91. The summed E-state index contributed by atoms with van der Waals surface area (Å²) in [5, 5.41) is 0. The van der Waals surface area contributed by atoms with E-state index in [0.717, 1.165) is 0 Å². The number of rotatable bonds is 4. The fraction of sp³-hybridized carbons (Fsp3) is 1.00. The zero-order valence-electron chi connectivity index (χ0n) is 5.58. The molecule has 9 heteroatoms. The first-order valence-electron chi connectivity index (χ1n) is 2.51. The lowest BCUT2D eigenvalue weighted by molar-refractivity contribution is 0.255. The molecule has 0 aromatic carbocycles. The first kappa shape index (κ1) is 12.1. The van der Waals surface area contributed by atoms with E-state index in [-0.39, 0.29) is 6.61 Å². The average Bonchev–Trinajstić information content (AvgIpc) is 1.55. The summed E-state index contributed by atoms with van der Waals surface area (Å²) >= 11 is 8.42. The summed E-state index contributed by atoms with van der Waals surface area (Å²) < 4.78 is 8.67. The minimum atomic E-state index is -3.91. The third kappa shape index (κ3) is 7.46. The molecule has 0 saturated heterocycles. The van der Waals surface area contributed by atoms with Crippen LogP contribution in [0.3, 0.4) is 0 Å². The Balaban J connectivity index is 4.14. The summed E-state index contributed by atoms with van der Waals surface area (Å²) in [6.07, 6.45) is 0. The quantitative estimate of drug-likeness (QED) is 0.614. The summed E-state index contributed by atoms with van der Waals surface area (Å²) in [6, 6.07) is 0. The van der Waals surface area contributed by atoms with Gasteiger partial charge in [-0.1, -0.05) is 0 Å². The fourth-order valence-electron chi connectivity index (χ4n) is 0.321. The van der Waals surface area contributed by atoms with Gasteiger partial charge in [-0.05, 0) is 30.5 Å². The zero-order chi connectivity index (χ0) is 9.12. The van der Waals surface area contributed by atoms with Crippen molar-refractivity contribution >= 4 is 37.1 Å². The van der Waals surface area contributed by atoms with Crippen LogP contribution in [0.25, 0.3) is 0 Å². The molecule has 0 aliphatic carbocycles. The van der Waals surface area contributed by atoms with Gasteiger partial charge in [0.1, 0.15) is 0 Å². The highest BCUT2D eigenvalue weighted by atomic mass is 32.5. The summed E-state index contributed by atoms with van der Waals surface area (Å²) in [6.45, 7) is -5.74. The van der Waals surface area contributed by atoms with Crippen molar-refractivity contribution in [2.75, 3.05) is 6.61 Å². The molecule has 3 N–H and O–H groups in total. The molecular weight excluding hydrogens is 230 g/mol. The summed E-state index contributed by atoms with van der Waals surface area (Å²) in [4.78, 5) is 26.1. The first-order valence-corrected chi connectivity index (χ1v) is 7.73. The standard InChI is InChI=1S/C2H8O5P2S2/c1-2-6-9(5,11)7-8(3,4)10/h2H2,1H3,(H,5,11)(H2,3,4,10). The zero-order valence-corrected chi connectivity index (χ0v) is 9.00. The molecule has 5 nitrogen and oxygen atoms in total. The van der Waals surface area contributed by atoms with Gasteiger partial charge in [-0.15, -0.1) is 0 Å². The second-order valence-electron chi connectivity index (χ2n) is 1.46. The molecule has 0 bridgehead atoms. The van der Waals surface area contributed by atoms with E-state index in [1.807, 2.05) is 0 Å². The molecule has 0 aliphatic rings. The maximum Gasteiger partial charge on any atom is 0.331 e. The predicted octanol–water partition coefficient (Wildman–Crippen LogP) is 0.465. The minimum Gasteiger partial charge on any atom is -0.324 e. The Morgan fingerprint density at radius 3 is 2.00 bits per heavy atom. The van der Waals surface area contributed by atoms with Gasteiger partial charge in [0.25, 0.3) is 0 Å². The lowest BCUT2D eigenvalue weighted by atomic mass is 10.9. The van der Waals surface area contributed by atoms with Crippen LogP contribution in [0.4, 0.5) is 0 Å².